The van der Waals surface area contributed by atoms with Crippen molar-refractivity contribution in [3.63, 3.8) is 0 Å². The smallest absolute Gasteiger partial charge is 0.475 e. The van der Waals surface area contributed by atoms with Crippen molar-refractivity contribution in [2.24, 2.45) is 11.8 Å². The van der Waals surface area contributed by atoms with Crippen molar-refractivity contribution in [1.82, 2.24) is 10.2 Å². The number of carbonyl (C=O) groups is 2. The number of nitrogens with one attached hydrogen (secondary N) is 1. The third-order valence-corrected chi connectivity index (χ3v) is 3.80. The molecule has 134 valence electrons. The lowest BCUT2D eigenvalue weighted by atomic mass is 9.86. The van der Waals surface area contributed by atoms with Gasteiger partial charge in [-0.1, -0.05) is 0 Å². The number of aliphatic carboxylic acids is 1. The quantitative estimate of drug-likeness (QED) is 0.753. The molecular formula is C14H16F4N2O4. The number of carbonyl (C=O) groups excluding carboxylic acids is 1. The van der Waals surface area contributed by atoms with Crippen LogP contribution in [0.2, 0.25) is 0 Å². The van der Waals surface area contributed by atoms with Crippen LogP contribution in [0.25, 0.3) is 0 Å². The van der Waals surface area contributed by atoms with Crippen molar-refractivity contribution in [2.75, 3.05) is 26.2 Å². The predicted octanol–water partition coefficient (Wildman–Crippen LogP) is 1.73. The van der Waals surface area contributed by atoms with Gasteiger partial charge in [0.25, 0.3) is 5.91 Å². The molecular weight excluding hydrogens is 336 g/mol. The number of alkyl halides is 3. The monoisotopic (exact) mass is 352 g/mol. The summed E-state index contributed by atoms with van der Waals surface area (Å²) in [5.74, 6) is -2.29. The molecule has 2 bridgehead atoms. The number of piperidine rings is 2. The number of hydrogen-bond acceptors (Lipinski definition) is 4. The molecule has 3 rings (SSSR count). The van der Waals surface area contributed by atoms with Crippen LogP contribution in [0.15, 0.2) is 16.7 Å². The van der Waals surface area contributed by atoms with Crippen molar-refractivity contribution >= 4 is 11.9 Å². The van der Waals surface area contributed by atoms with E-state index < -0.39 is 18.0 Å². The van der Waals surface area contributed by atoms with Gasteiger partial charge in [-0.25, -0.2) is 9.18 Å². The minimum absolute atomic E-state index is 0.107. The largest absolute Gasteiger partial charge is 0.490 e. The van der Waals surface area contributed by atoms with Crippen molar-refractivity contribution in [1.29, 1.82) is 0 Å². The van der Waals surface area contributed by atoms with Crippen molar-refractivity contribution in [2.45, 2.75) is 12.6 Å². The zero-order chi connectivity index (χ0) is 17.9. The minimum Gasteiger partial charge on any atom is -0.475 e. The number of carboxylic acids is 1. The molecule has 6 nitrogen and oxygen atoms in total. The van der Waals surface area contributed by atoms with E-state index in [2.05, 4.69) is 5.32 Å². The van der Waals surface area contributed by atoms with Crippen LogP contribution in [0.4, 0.5) is 17.6 Å². The van der Waals surface area contributed by atoms with Gasteiger partial charge in [-0.2, -0.15) is 13.2 Å². The van der Waals surface area contributed by atoms with Gasteiger partial charge in [-0.3, -0.25) is 4.79 Å². The van der Waals surface area contributed by atoms with Crippen molar-refractivity contribution in [3.8, 4) is 0 Å². The van der Waals surface area contributed by atoms with Crippen LogP contribution < -0.4 is 5.32 Å². The van der Waals surface area contributed by atoms with E-state index in [1.807, 2.05) is 0 Å². The Bertz CT molecular complexity index is 590. The Labute approximate surface area is 134 Å². The molecule has 0 spiro atoms. The minimum atomic E-state index is -5.08. The maximum atomic E-state index is 12.8. The van der Waals surface area contributed by atoms with E-state index in [0.717, 1.165) is 38.5 Å². The van der Waals surface area contributed by atoms with Crippen LogP contribution in [0.1, 0.15) is 17.0 Å². The molecule has 1 amide bonds. The number of halogens is 4. The highest BCUT2D eigenvalue weighted by molar-refractivity contribution is 5.91. The molecule has 0 unspecified atom stereocenters. The third-order valence-electron chi connectivity index (χ3n) is 3.80. The molecule has 2 saturated heterocycles. The maximum absolute atomic E-state index is 12.8. The molecule has 2 N–H and O–H groups in total. The predicted molar refractivity (Wildman–Crippen MR) is 72.7 cm³/mol. The lowest BCUT2D eigenvalue weighted by Crippen LogP contribution is -2.52. The van der Waals surface area contributed by atoms with Gasteiger partial charge >= 0.3 is 12.1 Å². The number of likely N-dealkylation sites (tertiary alicyclic amines) is 1. The number of carboxylic acid groups (broad SMARTS) is 1. The summed E-state index contributed by atoms with van der Waals surface area (Å²) >= 11 is 0. The van der Waals surface area contributed by atoms with Gasteiger partial charge < -0.3 is 19.7 Å². The summed E-state index contributed by atoms with van der Waals surface area (Å²) < 4.78 is 49.5. The zero-order valence-corrected chi connectivity index (χ0v) is 12.5. The van der Waals surface area contributed by atoms with E-state index in [9.17, 15) is 22.4 Å². The number of fused-ring (bicyclic) bond motifs is 2. The molecule has 2 aliphatic rings. The Hall–Kier alpha value is -2.10. The lowest BCUT2D eigenvalue weighted by Gasteiger charge is -2.41. The second kappa shape index (κ2) is 7.20. The third kappa shape index (κ3) is 4.70. The number of furan rings is 1. The number of hydrogen-bond donors (Lipinski definition) is 2. The van der Waals surface area contributed by atoms with E-state index in [1.54, 1.807) is 4.90 Å². The normalized spacial score (nSPS) is 23.2. The fourth-order valence-electron chi connectivity index (χ4n) is 2.85. The van der Waals surface area contributed by atoms with Gasteiger partial charge in [0.2, 0.25) is 0 Å². The number of nitrogens with zero attached hydrogens (tertiary/aromatic N) is 1. The van der Waals surface area contributed by atoms with Gasteiger partial charge in [-0.05, 0) is 31.3 Å². The molecule has 2 fully saturated rings. The Balaban J connectivity index is 0.000000256. The van der Waals surface area contributed by atoms with Gasteiger partial charge in [0.15, 0.2) is 11.6 Å². The summed E-state index contributed by atoms with van der Waals surface area (Å²) in [5.41, 5.74) is 0. The van der Waals surface area contributed by atoms with Gasteiger partial charge in [0, 0.05) is 19.2 Å². The first kappa shape index (κ1) is 18.2. The molecule has 0 aromatic carbocycles. The molecule has 0 aliphatic carbocycles. The Morgan fingerprint density at radius 2 is 1.79 bits per heavy atom. The van der Waals surface area contributed by atoms with Gasteiger partial charge in [0.1, 0.15) is 6.26 Å². The van der Waals surface area contributed by atoms with E-state index >= 15 is 0 Å². The number of amides is 1. The summed E-state index contributed by atoms with van der Waals surface area (Å²) in [6.45, 7) is 3.41. The van der Waals surface area contributed by atoms with E-state index in [0.29, 0.717) is 11.8 Å². The lowest BCUT2D eigenvalue weighted by molar-refractivity contribution is -0.192. The Morgan fingerprint density at radius 1 is 1.25 bits per heavy atom. The van der Waals surface area contributed by atoms with Crippen LogP contribution in [0.3, 0.4) is 0 Å². The molecule has 2 aliphatic heterocycles. The van der Waals surface area contributed by atoms with E-state index in [4.69, 9.17) is 14.3 Å². The Kier molecular flexibility index (Phi) is 5.47. The van der Waals surface area contributed by atoms with Crippen LogP contribution in [0, 0.1) is 17.7 Å². The summed E-state index contributed by atoms with van der Waals surface area (Å²) in [4.78, 5) is 22.8. The van der Waals surface area contributed by atoms with Crippen LogP contribution in [-0.4, -0.2) is 54.2 Å². The van der Waals surface area contributed by atoms with Crippen molar-refractivity contribution in [3.05, 3.63) is 23.9 Å². The molecule has 2 atom stereocenters. The summed E-state index contributed by atoms with van der Waals surface area (Å²) in [7, 11) is 0. The van der Waals surface area contributed by atoms with E-state index in [-0.39, 0.29) is 11.7 Å². The highest BCUT2D eigenvalue weighted by Crippen LogP contribution is 2.25. The highest BCUT2D eigenvalue weighted by Gasteiger charge is 2.38. The topological polar surface area (TPSA) is 82.8 Å². The fraction of sp³-hybridized carbons (Fsp3) is 0.571. The maximum Gasteiger partial charge on any atom is 0.490 e. The molecule has 1 aromatic heterocycles. The summed E-state index contributed by atoms with van der Waals surface area (Å²) in [6.07, 6.45) is -2.93. The van der Waals surface area contributed by atoms with Crippen LogP contribution in [0.5, 0.6) is 0 Å². The molecule has 24 heavy (non-hydrogen) atoms. The first-order valence-electron chi connectivity index (χ1n) is 7.21. The molecule has 1 aromatic rings. The second-order valence-corrected chi connectivity index (χ2v) is 5.77. The van der Waals surface area contributed by atoms with Gasteiger partial charge in [-0.15, -0.1) is 0 Å². The van der Waals surface area contributed by atoms with Gasteiger partial charge in [0.05, 0.1) is 0 Å². The summed E-state index contributed by atoms with van der Waals surface area (Å²) in [5, 5.41) is 10.5. The Morgan fingerprint density at radius 3 is 2.21 bits per heavy atom. The second-order valence-electron chi connectivity index (χ2n) is 5.77. The number of rotatable bonds is 1. The zero-order valence-electron chi connectivity index (χ0n) is 12.5. The average molecular weight is 352 g/mol. The first-order valence-corrected chi connectivity index (χ1v) is 7.21. The molecule has 10 heteroatoms. The first-order chi connectivity index (χ1) is 11.2. The van der Waals surface area contributed by atoms with Crippen LogP contribution in [-0.2, 0) is 4.79 Å². The average Bonchev–Trinajstić information content (AvgIpc) is 2.92. The van der Waals surface area contributed by atoms with Crippen molar-refractivity contribution < 1.29 is 36.7 Å². The molecule has 0 radical (unpaired) electrons. The molecule has 0 saturated carbocycles. The van der Waals surface area contributed by atoms with E-state index in [1.165, 1.54) is 6.42 Å². The SMILES string of the molecule is O=C(O)C(F)(F)F.O=C(c1cc(F)co1)N1C[C@@H]2CNC[C@@H](C2)C1. The fourth-order valence-corrected chi connectivity index (χ4v) is 2.85. The standard InChI is InChI=1S/C12H15FN2O2.C2HF3O2/c13-10-2-11(17-7-10)12(16)15-5-8-1-9(6-15)4-14-3-8;3-2(4,5)1(6)7/h2,7-9,14H,1,3-6H2;(H,6,7)/t8-,9+;. The summed E-state index contributed by atoms with van der Waals surface area (Å²) in [6, 6.07) is 1.16. The highest BCUT2D eigenvalue weighted by atomic mass is 19.4. The van der Waals surface area contributed by atoms with Crippen LogP contribution >= 0.6 is 0 Å². The molecule has 3 heterocycles.